The average Bonchev–Trinajstić information content (AvgIpc) is 3.06. The lowest BCUT2D eigenvalue weighted by Crippen LogP contribution is -2.66. The van der Waals surface area contributed by atoms with Crippen LogP contribution in [0.15, 0.2) is 10.7 Å². The van der Waals surface area contributed by atoms with Gasteiger partial charge in [0.2, 0.25) is 17.1 Å². The highest BCUT2D eigenvalue weighted by atomic mass is 32.2. The van der Waals surface area contributed by atoms with Gasteiger partial charge in [0.1, 0.15) is 0 Å². The minimum atomic E-state index is -0.355. The zero-order chi connectivity index (χ0) is 19.1. The van der Waals surface area contributed by atoms with Crippen LogP contribution in [0.3, 0.4) is 0 Å². The second-order valence-electron chi connectivity index (χ2n) is 5.43. The van der Waals surface area contributed by atoms with E-state index in [4.69, 9.17) is 4.52 Å². The zero-order valence-corrected chi connectivity index (χ0v) is 16.1. The van der Waals surface area contributed by atoms with Crippen LogP contribution >= 0.6 is 23.5 Å². The lowest BCUT2D eigenvalue weighted by atomic mass is 10.3. The van der Waals surface area contributed by atoms with E-state index in [9.17, 15) is 19.2 Å². The molecule has 2 rings (SSSR count). The van der Waals surface area contributed by atoms with Gasteiger partial charge in [-0.1, -0.05) is 23.5 Å². The Kier molecular flexibility index (Phi) is 7.45. The topological polar surface area (TPSA) is 117 Å². The smallest absolute Gasteiger partial charge is 0.305 e. The van der Waals surface area contributed by atoms with Crippen molar-refractivity contribution < 1.29 is 28.5 Å². The molecule has 0 spiro atoms. The number of rotatable bonds is 6. The van der Waals surface area contributed by atoms with Crippen LogP contribution in [0, 0.1) is 0 Å². The highest BCUT2D eigenvalue weighted by Crippen LogP contribution is 2.07. The Bertz CT molecular complexity index is 687. The summed E-state index contributed by atoms with van der Waals surface area (Å²) in [5, 5.41) is 8.02. The van der Waals surface area contributed by atoms with E-state index >= 15 is 0 Å². The summed E-state index contributed by atoms with van der Waals surface area (Å²) in [5.41, 5.74) is 0. The fraction of sp³-hybridized carbons (Fsp3) is 0.571. The molecule has 10 nitrogen and oxygen atoms in total. The number of anilines is 1. The van der Waals surface area contributed by atoms with Crippen molar-refractivity contribution >= 4 is 51.5 Å². The number of carbonyl (C=O) groups excluding carboxylic acids is 4. The van der Waals surface area contributed by atoms with Gasteiger partial charge in [0.25, 0.3) is 6.20 Å². The highest BCUT2D eigenvalue weighted by molar-refractivity contribution is 8.14. The molecule has 0 saturated carbocycles. The minimum Gasteiger partial charge on any atom is -0.338 e. The van der Waals surface area contributed by atoms with Gasteiger partial charge in [-0.05, 0) is 0 Å². The number of hydrogen-bond acceptors (Lipinski definition) is 9. The molecule has 142 valence electrons. The molecular weight excluding hydrogens is 382 g/mol. The Morgan fingerprint density at radius 1 is 1.12 bits per heavy atom. The summed E-state index contributed by atoms with van der Waals surface area (Å²) in [5.74, 6) is -0.0796. The quantitative estimate of drug-likeness (QED) is 0.613. The molecule has 2 heterocycles. The summed E-state index contributed by atoms with van der Waals surface area (Å²) in [6.07, 6.45) is 1.53. The van der Waals surface area contributed by atoms with Crippen LogP contribution in [-0.4, -0.2) is 69.9 Å². The van der Waals surface area contributed by atoms with E-state index in [1.807, 2.05) is 5.01 Å². The number of nitrogens with zero attached hydrogens (tertiary/aromatic N) is 4. The molecule has 1 saturated heterocycles. The molecule has 1 fully saturated rings. The second-order valence-corrected chi connectivity index (χ2v) is 7.73. The maximum Gasteiger partial charge on any atom is 0.305 e. The summed E-state index contributed by atoms with van der Waals surface area (Å²) in [6.45, 7) is 4.93. The monoisotopic (exact) mass is 402 g/mol. The van der Waals surface area contributed by atoms with Crippen LogP contribution in [0.2, 0.25) is 0 Å². The van der Waals surface area contributed by atoms with E-state index < -0.39 is 0 Å². The minimum absolute atomic E-state index is 0.00902. The number of amides is 2. The molecule has 1 aromatic heterocycles. The lowest BCUT2D eigenvalue weighted by Gasteiger charge is -2.29. The highest BCUT2D eigenvalue weighted by Gasteiger charge is 2.28. The Labute approximate surface area is 158 Å². The van der Waals surface area contributed by atoms with Gasteiger partial charge in [0.15, 0.2) is 10.2 Å². The van der Waals surface area contributed by atoms with Crippen LogP contribution in [0.1, 0.15) is 13.8 Å². The Hall–Kier alpha value is -2.08. The van der Waals surface area contributed by atoms with E-state index in [0.29, 0.717) is 26.2 Å². The van der Waals surface area contributed by atoms with Crippen LogP contribution in [0.4, 0.5) is 5.88 Å². The number of hydrogen-bond donors (Lipinski definition) is 1. The average molecular weight is 402 g/mol. The molecule has 12 heteroatoms. The predicted molar refractivity (Wildman–Crippen MR) is 96.1 cm³/mol. The van der Waals surface area contributed by atoms with Crippen LogP contribution < -0.4 is 15.1 Å². The molecule has 1 aliphatic rings. The Morgan fingerprint density at radius 3 is 2.35 bits per heavy atom. The van der Waals surface area contributed by atoms with Gasteiger partial charge in [-0.15, -0.1) is 5.01 Å². The molecule has 26 heavy (non-hydrogen) atoms. The number of nitrogens with one attached hydrogen (secondary N) is 1. The second kappa shape index (κ2) is 9.57. The first kappa shape index (κ1) is 20.2. The maximum absolute atomic E-state index is 12.0. The standard InChI is InChI=1S/C14H19N5O5S2/c1-10(20)25-8-12(22)15-13-7-19(16-24-13)18-5-3-17(4-6-18)14(23)9-26-11(2)21/h7H,3-6,8-9H2,1-2H3/p+1. The summed E-state index contributed by atoms with van der Waals surface area (Å²) >= 11 is 1.92. The number of piperazine rings is 1. The Balaban J connectivity index is 1.80. The largest absolute Gasteiger partial charge is 0.338 e. The van der Waals surface area contributed by atoms with Gasteiger partial charge in [0.05, 0.1) is 29.4 Å². The number of carbonyl (C=O) groups is 4. The number of thioether (sulfide) groups is 2. The van der Waals surface area contributed by atoms with Crippen molar-refractivity contribution in [3.8, 4) is 0 Å². The molecule has 0 radical (unpaired) electrons. The normalized spacial score (nSPS) is 14.2. The third-order valence-electron chi connectivity index (χ3n) is 3.42. The van der Waals surface area contributed by atoms with Gasteiger partial charge in [-0.25, -0.2) is 0 Å². The third kappa shape index (κ3) is 6.33. The first-order valence-electron chi connectivity index (χ1n) is 7.83. The first-order chi connectivity index (χ1) is 12.3. The fourth-order valence-electron chi connectivity index (χ4n) is 2.17. The Morgan fingerprint density at radius 2 is 1.73 bits per heavy atom. The SMILES string of the molecule is CC(=O)SCC(=O)Nc1c[n+](N2CCN(C(=O)CSC(C)=O)CC2)no1. The molecular formula is C14H20N5O5S2+. The van der Waals surface area contributed by atoms with Crippen molar-refractivity contribution in [1.82, 2.24) is 10.2 Å². The van der Waals surface area contributed by atoms with Gasteiger partial charge in [-0.3, -0.25) is 29.0 Å². The van der Waals surface area contributed by atoms with Crippen molar-refractivity contribution in [2.75, 3.05) is 48.0 Å². The van der Waals surface area contributed by atoms with E-state index in [1.54, 1.807) is 4.90 Å². The van der Waals surface area contributed by atoms with E-state index in [-0.39, 0.29) is 39.4 Å². The molecule has 0 aliphatic carbocycles. The maximum atomic E-state index is 12.0. The van der Waals surface area contributed by atoms with Gasteiger partial charge in [-0.2, -0.15) is 0 Å². The predicted octanol–water partition coefficient (Wildman–Crippen LogP) is -0.760. The molecule has 1 N–H and O–H groups in total. The van der Waals surface area contributed by atoms with Crippen LogP contribution in [0.5, 0.6) is 0 Å². The zero-order valence-electron chi connectivity index (χ0n) is 14.5. The van der Waals surface area contributed by atoms with E-state index in [1.165, 1.54) is 24.8 Å². The van der Waals surface area contributed by atoms with Crippen LogP contribution in [-0.2, 0) is 19.2 Å². The molecule has 0 atom stereocenters. The fourth-order valence-corrected chi connectivity index (χ4v) is 3.09. The molecule has 1 aromatic rings. The van der Waals surface area contributed by atoms with Crippen molar-refractivity contribution in [2.45, 2.75) is 13.8 Å². The van der Waals surface area contributed by atoms with Gasteiger partial charge < -0.3 is 4.90 Å². The molecule has 0 aromatic carbocycles. The summed E-state index contributed by atoms with van der Waals surface area (Å²) in [7, 11) is 0. The molecule has 2 amide bonds. The van der Waals surface area contributed by atoms with Crippen molar-refractivity contribution in [2.24, 2.45) is 0 Å². The lowest BCUT2D eigenvalue weighted by molar-refractivity contribution is -0.759. The van der Waals surface area contributed by atoms with Crippen molar-refractivity contribution in [3.63, 3.8) is 0 Å². The van der Waals surface area contributed by atoms with Crippen molar-refractivity contribution in [3.05, 3.63) is 6.20 Å². The molecule has 0 unspecified atom stereocenters. The summed E-state index contributed by atoms with van der Waals surface area (Å²) in [4.78, 5) is 48.6. The molecule has 1 aliphatic heterocycles. The van der Waals surface area contributed by atoms with Crippen LogP contribution in [0.25, 0.3) is 0 Å². The number of aromatic nitrogens is 2. The first-order valence-corrected chi connectivity index (χ1v) is 9.80. The van der Waals surface area contributed by atoms with E-state index in [2.05, 4.69) is 10.6 Å². The van der Waals surface area contributed by atoms with Crippen molar-refractivity contribution in [1.29, 1.82) is 0 Å². The molecule has 0 bridgehead atoms. The van der Waals surface area contributed by atoms with E-state index in [0.717, 1.165) is 23.5 Å². The third-order valence-corrected chi connectivity index (χ3v) is 5.03. The van der Waals surface area contributed by atoms with Gasteiger partial charge >= 0.3 is 5.88 Å². The summed E-state index contributed by atoms with van der Waals surface area (Å²) < 4.78 is 5.06. The van der Waals surface area contributed by atoms with Gasteiger partial charge in [0, 0.05) is 26.9 Å². The summed E-state index contributed by atoms with van der Waals surface area (Å²) in [6, 6.07) is 0.